The molecule has 4 nitrogen and oxygen atoms in total. The lowest BCUT2D eigenvalue weighted by Crippen LogP contribution is -2.27. The highest BCUT2D eigenvalue weighted by Gasteiger charge is 2.27. The monoisotopic (exact) mass is 350 g/mol. The zero-order valence-corrected chi connectivity index (χ0v) is 14.6. The molecular formula is C12H15ClN2O2S3. The summed E-state index contributed by atoms with van der Waals surface area (Å²) in [5, 5.41) is 4.63. The lowest BCUT2D eigenvalue weighted by molar-refractivity contribution is 0.462. The van der Waals surface area contributed by atoms with Crippen molar-refractivity contribution >= 4 is 44.3 Å². The lowest BCUT2D eigenvalue weighted by Gasteiger charge is -2.17. The average Bonchev–Trinajstić information content (AvgIpc) is 2.95. The average molecular weight is 351 g/mol. The Balaban J connectivity index is 2.32. The molecule has 0 bridgehead atoms. The predicted molar refractivity (Wildman–Crippen MR) is 84.1 cm³/mol. The summed E-state index contributed by atoms with van der Waals surface area (Å²) in [6.07, 6.45) is 0. The molecule has 0 radical (unpaired) electrons. The van der Waals surface area contributed by atoms with Crippen molar-refractivity contribution in [3.05, 3.63) is 31.9 Å². The summed E-state index contributed by atoms with van der Waals surface area (Å²) in [6, 6.07) is 0. The minimum Gasteiger partial charge on any atom is -0.245 e. The molecule has 0 saturated carbocycles. The van der Waals surface area contributed by atoms with Gasteiger partial charge in [-0.25, -0.2) is 13.4 Å². The van der Waals surface area contributed by atoms with Crippen LogP contribution in [-0.4, -0.2) is 24.8 Å². The first-order valence-corrected chi connectivity index (χ1v) is 9.60. The van der Waals surface area contributed by atoms with E-state index in [1.807, 2.05) is 17.7 Å². The van der Waals surface area contributed by atoms with Crippen molar-refractivity contribution in [1.82, 2.24) is 9.29 Å². The highest BCUT2D eigenvalue weighted by atomic mass is 35.5. The number of aromatic nitrogens is 1. The first kappa shape index (κ1) is 15.9. The summed E-state index contributed by atoms with van der Waals surface area (Å²) in [5.41, 5.74) is 1.51. The molecule has 20 heavy (non-hydrogen) atoms. The maximum Gasteiger partial charge on any atom is 0.244 e. The van der Waals surface area contributed by atoms with Gasteiger partial charge in [0.15, 0.2) is 0 Å². The van der Waals surface area contributed by atoms with E-state index in [-0.39, 0.29) is 12.4 Å². The first-order valence-electron chi connectivity index (χ1n) is 5.86. The van der Waals surface area contributed by atoms with Crippen LogP contribution in [-0.2, 0) is 22.4 Å². The molecule has 0 aliphatic heterocycles. The van der Waals surface area contributed by atoms with Gasteiger partial charge in [-0.2, -0.15) is 4.31 Å². The fraction of sp³-hybridized carbons (Fsp3) is 0.417. The largest absolute Gasteiger partial charge is 0.245 e. The quantitative estimate of drug-likeness (QED) is 0.777. The van der Waals surface area contributed by atoms with Crippen molar-refractivity contribution in [2.75, 3.05) is 7.05 Å². The molecule has 2 aromatic rings. The Labute approximate surface area is 132 Å². The van der Waals surface area contributed by atoms with Crippen LogP contribution in [0.4, 0.5) is 0 Å². The minimum atomic E-state index is -3.53. The lowest BCUT2D eigenvalue weighted by atomic mass is 10.3. The number of thiazole rings is 1. The summed E-state index contributed by atoms with van der Waals surface area (Å²) in [4.78, 5) is 5.32. The number of aryl methyl sites for hydroxylation is 2. The molecule has 2 aromatic heterocycles. The minimum absolute atomic E-state index is 0.205. The molecular weight excluding hydrogens is 336 g/mol. The van der Waals surface area contributed by atoms with Crippen molar-refractivity contribution in [3.8, 4) is 0 Å². The molecule has 0 amide bonds. The van der Waals surface area contributed by atoms with Gasteiger partial charge in [0.1, 0.15) is 4.90 Å². The second-order valence-electron chi connectivity index (χ2n) is 4.42. The number of halogens is 1. The smallest absolute Gasteiger partial charge is 0.244 e. The van der Waals surface area contributed by atoms with Gasteiger partial charge in [0, 0.05) is 17.3 Å². The van der Waals surface area contributed by atoms with E-state index in [0.29, 0.717) is 9.77 Å². The Morgan fingerprint density at radius 1 is 1.30 bits per heavy atom. The first-order chi connectivity index (χ1) is 9.36. The van der Waals surface area contributed by atoms with Gasteiger partial charge < -0.3 is 0 Å². The third-order valence-corrected chi connectivity index (χ3v) is 7.35. The Bertz CT molecular complexity index is 706. The van der Waals surface area contributed by atoms with Crippen LogP contribution in [0.3, 0.4) is 0 Å². The van der Waals surface area contributed by atoms with E-state index < -0.39 is 10.0 Å². The SMILES string of the molecule is Cc1nc(CN(C)S(=O)(=O)c2c(C)csc2CCl)cs1. The van der Waals surface area contributed by atoms with E-state index in [9.17, 15) is 8.42 Å². The molecule has 0 aliphatic carbocycles. The van der Waals surface area contributed by atoms with E-state index >= 15 is 0 Å². The zero-order chi connectivity index (χ0) is 14.9. The fourth-order valence-corrected chi connectivity index (χ4v) is 5.62. The number of thiophene rings is 1. The van der Waals surface area contributed by atoms with E-state index in [0.717, 1.165) is 16.3 Å². The van der Waals surface area contributed by atoms with Crippen LogP contribution >= 0.6 is 34.3 Å². The van der Waals surface area contributed by atoms with Crippen molar-refractivity contribution in [3.63, 3.8) is 0 Å². The molecule has 0 N–H and O–H groups in total. The summed E-state index contributed by atoms with van der Waals surface area (Å²) < 4.78 is 26.6. The molecule has 0 aromatic carbocycles. The van der Waals surface area contributed by atoms with E-state index in [4.69, 9.17) is 11.6 Å². The van der Waals surface area contributed by atoms with Gasteiger partial charge in [0.2, 0.25) is 10.0 Å². The van der Waals surface area contributed by atoms with Gasteiger partial charge in [-0.1, -0.05) is 0 Å². The molecule has 0 saturated heterocycles. The number of rotatable bonds is 5. The number of hydrogen-bond acceptors (Lipinski definition) is 5. The Morgan fingerprint density at radius 3 is 2.55 bits per heavy atom. The van der Waals surface area contributed by atoms with E-state index in [1.54, 1.807) is 14.0 Å². The van der Waals surface area contributed by atoms with Gasteiger partial charge in [0.05, 0.1) is 23.1 Å². The van der Waals surface area contributed by atoms with Crippen LogP contribution in [0.15, 0.2) is 15.7 Å². The van der Waals surface area contributed by atoms with E-state index in [1.165, 1.54) is 27.0 Å². The van der Waals surface area contributed by atoms with Crippen molar-refractivity contribution in [1.29, 1.82) is 0 Å². The van der Waals surface area contributed by atoms with Crippen molar-refractivity contribution in [2.45, 2.75) is 31.2 Å². The fourth-order valence-electron chi connectivity index (χ4n) is 1.88. The Hall–Kier alpha value is -0.470. The van der Waals surface area contributed by atoms with Crippen molar-refractivity contribution in [2.24, 2.45) is 0 Å². The van der Waals surface area contributed by atoms with Gasteiger partial charge in [-0.05, 0) is 24.8 Å². The van der Waals surface area contributed by atoms with Gasteiger partial charge >= 0.3 is 0 Å². The van der Waals surface area contributed by atoms with Gasteiger partial charge in [0.25, 0.3) is 0 Å². The highest BCUT2D eigenvalue weighted by Crippen LogP contribution is 2.30. The predicted octanol–water partition coefficient (Wildman–Crippen LogP) is 3.38. The third kappa shape index (κ3) is 3.07. The number of nitrogens with zero attached hydrogens (tertiary/aromatic N) is 2. The Kier molecular flexibility index (Phi) is 4.86. The topological polar surface area (TPSA) is 50.3 Å². The van der Waals surface area contributed by atoms with Crippen LogP contribution in [0.1, 0.15) is 21.1 Å². The summed E-state index contributed by atoms with van der Waals surface area (Å²) in [6.45, 7) is 3.96. The normalized spacial score (nSPS) is 12.2. The summed E-state index contributed by atoms with van der Waals surface area (Å²) >= 11 is 8.73. The van der Waals surface area contributed by atoms with Crippen molar-refractivity contribution < 1.29 is 8.42 Å². The third-order valence-electron chi connectivity index (χ3n) is 2.83. The van der Waals surface area contributed by atoms with Crippen LogP contribution in [0.2, 0.25) is 0 Å². The van der Waals surface area contributed by atoms with Gasteiger partial charge in [-0.3, -0.25) is 0 Å². The van der Waals surface area contributed by atoms with Crippen LogP contribution < -0.4 is 0 Å². The maximum absolute atomic E-state index is 12.7. The van der Waals surface area contributed by atoms with Gasteiger partial charge in [-0.15, -0.1) is 34.3 Å². The zero-order valence-electron chi connectivity index (χ0n) is 11.4. The number of alkyl halides is 1. The number of hydrogen-bond donors (Lipinski definition) is 0. The van der Waals surface area contributed by atoms with Crippen LogP contribution in [0.25, 0.3) is 0 Å². The summed E-state index contributed by atoms with van der Waals surface area (Å²) in [7, 11) is -1.97. The second-order valence-corrected chi connectivity index (χ2v) is 8.70. The van der Waals surface area contributed by atoms with Crippen LogP contribution in [0.5, 0.6) is 0 Å². The maximum atomic E-state index is 12.7. The van der Waals surface area contributed by atoms with Crippen LogP contribution in [0, 0.1) is 13.8 Å². The Morgan fingerprint density at radius 2 is 2.00 bits per heavy atom. The molecule has 0 unspecified atom stereocenters. The summed E-state index contributed by atoms with van der Waals surface area (Å²) in [5.74, 6) is 0.205. The standard InChI is InChI=1S/C12H15ClN2O2S3/c1-8-6-19-11(4-13)12(8)20(16,17)15(3)5-10-7-18-9(2)14-10/h6-7H,4-5H2,1-3H3. The molecule has 2 heterocycles. The molecule has 110 valence electrons. The molecule has 2 rings (SSSR count). The molecule has 8 heteroatoms. The highest BCUT2D eigenvalue weighted by molar-refractivity contribution is 7.89. The molecule has 0 aliphatic rings. The molecule has 0 spiro atoms. The second kappa shape index (κ2) is 6.11. The molecule has 0 atom stereocenters. The van der Waals surface area contributed by atoms with E-state index in [2.05, 4.69) is 4.98 Å². The number of sulfonamides is 1. The molecule has 0 fully saturated rings.